The SMILES string of the molecule is CC1(C)CC[C@]2(C(=O)O)CC[C@]3(C)C(=C2C1)C=C[C@@H]1[C@@]2(C)C(=O)C[C@H](O)C(C)(C)[C@@H]2CC[C@]13C. The lowest BCUT2D eigenvalue weighted by molar-refractivity contribution is -0.189. The Hall–Kier alpha value is -1.42. The van der Waals surface area contributed by atoms with Gasteiger partial charge in [-0.05, 0) is 89.6 Å². The number of aliphatic hydroxyl groups is 1. The number of fused-ring (bicyclic) bond motifs is 6. The molecule has 7 atom stereocenters. The summed E-state index contributed by atoms with van der Waals surface area (Å²) < 4.78 is 0. The minimum Gasteiger partial charge on any atom is -0.481 e. The van der Waals surface area contributed by atoms with Crippen molar-refractivity contribution in [3.63, 3.8) is 0 Å². The van der Waals surface area contributed by atoms with Crippen LogP contribution in [0.15, 0.2) is 23.3 Å². The first kappa shape index (κ1) is 24.3. The molecule has 4 nitrogen and oxygen atoms in total. The second kappa shape index (κ2) is 6.87. The smallest absolute Gasteiger partial charge is 0.313 e. The summed E-state index contributed by atoms with van der Waals surface area (Å²) in [7, 11) is 0. The van der Waals surface area contributed by atoms with Crippen molar-refractivity contribution >= 4 is 11.8 Å². The number of carboxylic acid groups (broad SMARTS) is 1. The lowest BCUT2D eigenvalue weighted by Gasteiger charge is -2.68. The molecule has 5 rings (SSSR count). The van der Waals surface area contributed by atoms with E-state index in [1.165, 1.54) is 11.1 Å². The zero-order valence-corrected chi connectivity index (χ0v) is 22.3. The summed E-state index contributed by atoms with van der Waals surface area (Å²) in [5.41, 5.74) is 0.739. The fourth-order valence-electron chi connectivity index (χ4n) is 9.62. The van der Waals surface area contributed by atoms with Crippen molar-refractivity contribution in [2.24, 2.45) is 44.3 Å². The molecule has 0 spiro atoms. The molecule has 0 radical (unpaired) electrons. The molecule has 0 aromatic heterocycles. The van der Waals surface area contributed by atoms with E-state index >= 15 is 0 Å². The van der Waals surface area contributed by atoms with Crippen molar-refractivity contribution < 1.29 is 19.8 Å². The first-order valence-electron chi connectivity index (χ1n) is 13.4. The number of aliphatic carboxylic acids is 1. The highest BCUT2D eigenvalue weighted by Gasteiger charge is 2.69. The van der Waals surface area contributed by atoms with Crippen LogP contribution in [0.3, 0.4) is 0 Å². The Morgan fingerprint density at radius 3 is 2.26 bits per heavy atom. The summed E-state index contributed by atoms with van der Waals surface area (Å²) in [6, 6.07) is 0. The summed E-state index contributed by atoms with van der Waals surface area (Å²) in [6.07, 6.45) is 10.2. The van der Waals surface area contributed by atoms with Crippen molar-refractivity contribution in [3.05, 3.63) is 23.3 Å². The fourth-order valence-corrected chi connectivity index (χ4v) is 9.62. The number of aliphatic hydroxyl groups excluding tert-OH is 1. The highest BCUT2D eigenvalue weighted by molar-refractivity contribution is 5.88. The number of carboxylic acids is 1. The average Bonchev–Trinajstić information content (AvgIpc) is 2.72. The van der Waals surface area contributed by atoms with Gasteiger partial charge >= 0.3 is 5.97 Å². The van der Waals surface area contributed by atoms with Gasteiger partial charge in [0.2, 0.25) is 0 Å². The number of hydrogen-bond acceptors (Lipinski definition) is 3. The number of Topliss-reactive ketones (excluding diaryl/α,β-unsaturated/α-hetero) is 1. The summed E-state index contributed by atoms with van der Waals surface area (Å²) >= 11 is 0. The number of allylic oxidation sites excluding steroid dienone is 3. The Morgan fingerprint density at radius 2 is 1.62 bits per heavy atom. The zero-order valence-electron chi connectivity index (χ0n) is 22.3. The average molecular weight is 469 g/mol. The van der Waals surface area contributed by atoms with E-state index in [0.717, 1.165) is 38.5 Å². The minimum atomic E-state index is -0.730. The van der Waals surface area contributed by atoms with Crippen molar-refractivity contribution in [3.8, 4) is 0 Å². The monoisotopic (exact) mass is 468 g/mol. The molecule has 0 heterocycles. The van der Waals surface area contributed by atoms with Gasteiger partial charge in [0.05, 0.1) is 11.5 Å². The predicted molar refractivity (Wildman–Crippen MR) is 133 cm³/mol. The van der Waals surface area contributed by atoms with Gasteiger partial charge in [-0.2, -0.15) is 0 Å². The Morgan fingerprint density at radius 1 is 0.971 bits per heavy atom. The predicted octanol–water partition coefficient (Wildman–Crippen LogP) is 6.33. The molecular formula is C30H44O4. The van der Waals surface area contributed by atoms with Crippen molar-refractivity contribution in [1.29, 1.82) is 0 Å². The fraction of sp³-hybridized carbons (Fsp3) is 0.800. The summed E-state index contributed by atoms with van der Waals surface area (Å²) in [5.74, 6) is -0.199. The third kappa shape index (κ3) is 2.70. The highest BCUT2D eigenvalue weighted by atomic mass is 16.4. The zero-order chi connectivity index (χ0) is 25.1. The summed E-state index contributed by atoms with van der Waals surface area (Å²) in [5, 5.41) is 21.3. The standard InChI is InChI=1S/C30H44O4/c1-25(2)12-14-30(24(33)34)15-13-27(5)18(19(30)17-25)8-9-21-28(27,6)11-10-20-26(3,4)22(31)16-23(32)29(20,21)7/h8-9,20-22,31H,10-17H2,1-7H3,(H,33,34)/t20-,21-,22-,27+,28+,29-,30-/m0/s1. The van der Waals surface area contributed by atoms with Crippen LogP contribution in [-0.2, 0) is 9.59 Å². The van der Waals surface area contributed by atoms with Crippen LogP contribution >= 0.6 is 0 Å². The maximum atomic E-state index is 13.7. The van der Waals surface area contributed by atoms with Crippen LogP contribution in [0.25, 0.3) is 0 Å². The molecule has 5 aliphatic carbocycles. The molecule has 3 saturated carbocycles. The first-order valence-corrected chi connectivity index (χ1v) is 13.4. The maximum Gasteiger partial charge on any atom is 0.313 e. The van der Waals surface area contributed by atoms with Crippen LogP contribution in [0, 0.1) is 44.3 Å². The largest absolute Gasteiger partial charge is 0.481 e. The van der Waals surface area contributed by atoms with Crippen LogP contribution < -0.4 is 0 Å². The molecule has 0 aromatic rings. The minimum absolute atomic E-state index is 0.0984. The Kier molecular flexibility index (Phi) is 4.90. The van der Waals surface area contributed by atoms with Crippen LogP contribution in [0.4, 0.5) is 0 Å². The third-order valence-corrected chi connectivity index (χ3v) is 12.3. The van der Waals surface area contributed by atoms with Gasteiger partial charge in [0.25, 0.3) is 0 Å². The van der Waals surface area contributed by atoms with Crippen LogP contribution in [-0.4, -0.2) is 28.1 Å². The molecule has 0 aromatic carbocycles. The molecule has 4 heteroatoms. The van der Waals surface area contributed by atoms with E-state index in [1.54, 1.807) is 0 Å². The number of carbonyl (C=O) groups is 2. The van der Waals surface area contributed by atoms with Gasteiger partial charge in [-0.1, -0.05) is 60.6 Å². The first-order chi connectivity index (χ1) is 15.6. The quantitative estimate of drug-likeness (QED) is 0.471. The van der Waals surface area contributed by atoms with Crippen LogP contribution in [0.2, 0.25) is 0 Å². The number of carbonyl (C=O) groups excluding carboxylic acids is 1. The molecule has 34 heavy (non-hydrogen) atoms. The summed E-state index contributed by atoms with van der Waals surface area (Å²) in [6.45, 7) is 15.8. The molecule has 0 bridgehead atoms. The second-order valence-corrected chi connectivity index (χ2v) is 14.5. The van der Waals surface area contributed by atoms with E-state index in [9.17, 15) is 19.8 Å². The van der Waals surface area contributed by atoms with Gasteiger partial charge in [-0.25, -0.2) is 0 Å². The Bertz CT molecular complexity index is 1020. The van der Waals surface area contributed by atoms with Gasteiger partial charge in [-0.3, -0.25) is 9.59 Å². The second-order valence-electron chi connectivity index (χ2n) is 14.5. The highest BCUT2D eigenvalue weighted by Crippen LogP contribution is 2.73. The number of rotatable bonds is 1. The van der Waals surface area contributed by atoms with Gasteiger partial charge < -0.3 is 10.2 Å². The van der Waals surface area contributed by atoms with Gasteiger partial charge in [0, 0.05) is 11.8 Å². The van der Waals surface area contributed by atoms with E-state index in [-0.39, 0.29) is 45.7 Å². The van der Waals surface area contributed by atoms with E-state index in [4.69, 9.17) is 0 Å². The molecule has 0 amide bonds. The molecule has 3 fully saturated rings. The lowest BCUT2D eigenvalue weighted by atomic mass is 9.35. The van der Waals surface area contributed by atoms with Gasteiger partial charge in [0.1, 0.15) is 5.78 Å². The normalized spacial score (nSPS) is 48.9. The maximum absolute atomic E-state index is 13.7. The van der Waals surface area contributed by atoms with Gasteiger partial charge in [-0.15, -0.1) is 0 Å². The van der Waals surface area contributed by atoms with E-state index in [2.05, 4.69) is 60.6 Å². The number of hydrogen-bond donors (Lipinski definition) is 2. The third-order valence-electron chi connectivity index (χ3n) is 12.3. The molecule has 2 N–H and O–H groups in total. The van der Waals surface area contributed by atoms with Gasteiger partial charge in [0.15, 0.2) is 0 Å². The molecule has 0 unspecified atom stereocenters. The van der Waals surface area contributed by atoms with Crippen molar-refractivity contribution in [1.82, 2.24) is 0 Å². The molecule has 0 aliphatic heterocycles. The van der Waals surface area contributed by atoms with Crippen molar-refractivity contribution in [2.75, 3.05) is 0 Å². The Balaban J connectivity index is 1.71. The molecular weight excluding hydrogens is 424 g/mol. The molecule has 0 saturated heterocycles. The number of ketones is 1. The van der Waals surface area contributed by atoms with Crippen LogP contribution in [0.1, 0.15) is 99.8 Å². The van der Waals surface area contributed by atoms with Crippen molar-refractivity contribution in [2.45, 2.75) is 106 Å². The van der Waals surface area contributed by atoms with E-state index in [0.29, 0.717) is 6.42 Å². The van der Waals surface area contributed by atoms with Crippen LogP contribution in [0.5, 0.6) is 0 Å². The summed E-state index contributed by atoms with van der Waals surface area (Å²) in [4.78, 5) is 26.4. The lowest BCUT2D eigenvalue weighted by Crippen LogP contribution is -2.66. The van der Waals surface area contributed by atoms with E-state index < -0.39 is 22.9 Å². The molecule has 5 aliphatic rings. The van der Waals surface area contributed by atoms with E-state index in [1.807, 2.05) is 0 Å². The Labute approximate surface area is 205 Å². The molecule has 188 valence electrons. The topological polar surface area (TPSA) is 74.6 Å².